The second-order valence-corrected chi connectivity index (χ2v) is 5.80. The predicted octanol–water partition coefficient (Wildman–Crippen LogP) is 2.23. The zero-order chi connectivity index (χ0) is 15.1. The average Bonchev–Trinajstić information content (AvgIpc) is 2.53. The van der Waals surface area contributed by atoms with Gasteiger partial charge in [-0.25, -0.2) is 0 Å². The van der Waals surface area contributed by atoms with Gasteiger partial charge in [0.05, 0.1) is 5.41 Å². The summed E-state index contributed by atoms with van der Waals surface area (Å²) in [6.07, 6.45) is 10.1. The summed E-state index contributed by atoms with van der Waals surface area (Å²) in [4.78, 5) is 10.8. The quantitative estimate of drug-likeness (QED) is 0.643. The second-order valence-electron chi connectivity index (χ2n) is 5.80. The predicted molar refractivity (Wildman–Crippen MR) is 85.9 cm³/mol. The van der Waals surface area contributed by atoms with E-state index in [1.807, 2.05) is 6.07 Å². The van der Waals surface area contributed by atoms with E-state index in [-0.39, 0.29) is 11.3 Å². The molecule has 2 N–H and O–H groups in total. The van der Waals surface area contributed by atoms with Gasteiger partial charge in [0.2, 0.25) is 5.91 Å². The smallest absolute Gasteiger partial charge is 0.216 e. The molecule has 1 aromatic carbocycles. The Balaban J connectivity index is 1.84. The molecule has 3 nitrogen and oxygen atoms in total. The van der Waals surface area contributed by atoms with Gasteiger partial charge in [-0.1, -0.05) is 36.3 Å². The molecule has 0 aliphatic heterocycles. The third kappa shape index (κ3) is 4.09. The number of benzene rings is 1. The molecule has 1 aliphatic carbocycles. The van der Waals surface area contributed by atoms with Gasteiger partial charge in [-0.15, -0.1) is 6.42 Å². The molecular formula is C18H24N2O. The van der Waals surface area contributed by atoms with E-state index in [1.54, 1.807) is 6.92 Å². The summed E-state index contributed by atoms with van der Waals surface area (Å²) >= 11 is 0. The van der Waals surface area contributed by atoms with E-state index >= 15 is 0 Å². The van der Waals surface area contributed by atoms with Gasteiger partial charge in [-0.05, 0) is 31.2 Å². The highest BCUT2D eigenvalue weighted by Gasteiger charge is 2.34. The minimum Gasteiger partial charge on any atom is -0.355 e. The Hall–Kier alpha value is -1.79. The van der Waals surface area contributed by atoms with E-state index in [0.29, 0.717) is 12.6 Å². The van der Waals surface area contributed by atoms with Gasteiger partial charge in [0.1, 0.15) is 0 Å². The van der Waals surface area contributed by atoms with Gasteiger partial charge < -0.3 is 10.6 Å². The van der Waals surface area contributed by atoms with Crippen molar-refractivity contribution >= 4 is 5.91 Å². The first-order valence-electron chi connectivity index (χ1n) is 7.67. The number of hydrogen-bond acceptors (Lipinski definition) is 2. The number of carbonyl (C=O) groups is 1. The van der Waals surface area contributed by atoms with E-state index in [4.69, 9.17) is 6.42 Å². The normalized spacial score (nSPS) is 25.0. The van der Waals surface area contributed by atoms with Crippen LogP contribution in [0.15, 0.2) is 30.3 Å². The molecular weight excluding hydrogens is 260 g/mol. The van der Waals surface area contributed by atoms with Gasteiger partial charge in [0.15, 0.2) is 0 Å². The molecule has 112 valence electrons. The first-order valence-corrected chi connectivity index (χ1v) is 7.67. The molecule has 0 radical (unpaired) electrons. The standard InChI is InChI=1S/C18H24N2O/c1-3-18(16-7-5-4-6-8-16)11-9-17(10-12-18)20-14-13-19-15(2)21/h1,4-8,17,20H,9-14H2,2H3,(H,19,21). The van der Waals surface area contributed by atoms with Crippen LogP contribution in [-0.4, -0.2) is 25.0 Å². The monoisotopic (exact) mass is 284 g/mol. The van der Waals surface area contributed by atoms with Crippen LogP contribution in [0.2, 0.25) is 0 Å². The van der Waals surface area contributed by atoms with Crippen LogP contribution in [0.1, 0.15) is 38.2 Å². The Morgan fingerprint density at radius 3 is 2.52 bits per heavy atom. The van der Waals surface area contributed by atoms with Crippen molar-refractivity contribution in [2.75, 3.05) is 13.1 Å². The molecule has 21 heavy (non-hydrogen) atoms. The molecule has 0 heterocycles. The highest BCUT2D eigenvalue weighted by Crippen LogP contribution is 2.38. The van der Waals surface area contributed by atoms with Crippen molar-refractivity contribution < 1.29 is 4.79 Å². The summed E-state index contributed by atoms with van der Waals surface area (Å²) in [5, 5.41) is 6.31. The Morgan fingerprint density at radius 2 is 1.95 bits per heavy atom. The van der Waals surface area contributed by atoms with Crippen molar-refractivity contribution in [3.63, 3.8) is 0 Å². The summed E-state index contributed by atoms with van der Waals surface area (Å²) in [6, 6.07) is 10.9. The van der Waals surface area contributed by atoms with Crippen molar-refractivity contribution in [3.05, 3.63) is 35.9 Å². The first-order chi connectivity index (χ1) is 10.2. The Morgan fingerprint density at radius 1 is 1.29 bits per heavy atom. The first kappa shape index (κ1) is 15.6. The van der Waals surface area contributed by atoms with Crippen LogP contribution in [0, 0.1) is 12.3 Å². The van der Waals surface area contributed by atoms with Gasteiger partial charge in [0.25, 0.3) is 0 Å². The van der Waals surface area contributed by atoms with E-state index in [1.165, 1.54) is 5.56 Å². The molecule has 0 aromatic heterocycles. The van der Waals surface area contributed by atoms with E-state index in [9.17, 15) is 4.79 Å². The third-order valence-electron chi connectivity index (χ3n) is 4.37. The molecule has 0 atom stereocenters. The minimum atomic E-state index is -0.100. The fourth-order valence-electron chi connectivity index (χ4n) is 3.10. The molecule has 2 rings (SSSR count). The van der Waals surface area contributed by atoms with Crippen LogP contribution in [-0.2, 0) is 10.2 Å². The number of carbonyl (C=O) groups excluding carboxylic acids is 1. The maximum absolute atomic E-state index is 10.8. The molecule has 1 aliphatic rings. The lowest BCUT2D eigenvalue weighted by atomic mass is 9.69. The van der Waals surface area contributed by atoms with Crippen LogP contribution in [0.4, 0.5) is 0 Å². The third-order valence-corrected chi connectivity index (χ3v) is 4.37. The van der Waals surface area contributed by atoms with Crippen molar-refractivity contribution in [2.45, 2.75) is 44.1 Å². The molecule has 3 heteroatoms. The fraction of sp³-hybridized carbons (Fsp3) is 0.500. The maximum atomic E-state index is 10.8. The van der Waals surface area contributed by atoms with Crippen molar-refractivity contribution in [3.8, 4) is 12.3 Å². The summed E-state index contributed by atoms with van der Waals surface area (Å²) in [7, 11) is 0. The average molecular weight is 284 g/mol. The zero-order valence-corrected chi connectivity index (χ0v) is 12.7. The van der Waals surface area contributed by atoms with Crippen LogP contribution < -0.4 is 10.6 Å². The highest BCUT2D eigenvalue weighted by atomic mass is 16.1. The Bertz CT molecular complexity index is 496. The zero-order valence-electron chi connectivity index (χ0n) is 12.7. The minimum absolute atomic E-state index is 0.0240. The van der Waals surface area contributed by atoms with Gasteiger partial charge in [0, 0.05) is 26.1 Å². The molecule has 0 bridgehead atoms. The largest absolute Gasteiger partial charge is 0.355 e. The summed E-state index contributed by atoms with van der Waals surface area (Å²) in [5.41, 5.74) is 1.17. The van der Waals surface area contributed by atoms with Crippen LogP contribution >= 0.6 is 0 Å². The Labute approximate surface area is 127 Å². The number of terminal acetylenes is 1. The summed E-state index contributed by atoms with van der Waals surface area (Å²) in [6.45, 7) is 3.05. The van der Waals surface area contributed by atoms with Crippen LogP contribution in [0.5, 0.6) is 0 Å². The maximum Gasteiger partial charge on any atom is 0.216 e. The van der Waals surface area contributed by atoms with Crippen LogP contribution in [0.3, 0.4) is 0 Å². The van der Waals surface area contributed by atoms with Crippen molar-refractivity contribution in [1.82, 2.24) is 10.6 Å². The van der Waals surface area contributed by atoms with Crippen molar-refractivity contribution in [2.24, 2.45) is 0 Å². The van der Waals surface area contributed by atoms with Gasteiger partial charge in [-0.3, -0.25) is 4.79 Å². The van der Waals surface area contributed by atoms with Crippen LogP contribution in [0.25, 0.3) is 0 Å². The van der Waals surface area contributed by atoms with E-state index in [2.05, 4.69) is 40.8 Å². The SMILES string of the molecule is C#CC1(c2ccccc2)CCC(NCCNC(C)=O)CC1. The summed E-state index contributed by atoms with van der Waals surface area (Å²) in [5.74, 6) is 3.08. The molecule has 0 saturated heterocycles. The van der Waals surface area contributed by atoms with Crippen molar-refractivity contribution in [1.29, 1.82) is 0 Å². The molecule has 0 spiro atoms. The van der Waals surface area contributed by atoms with Gasteiger partial charge >= 0.3 is 0 Å². The molecule has 0 unspecified atom stereocenters. The lowest BCUT2D eigenvalue weighted by Crippen LogP contribution is -2.41. The van der Waals surface area contributed by atoms with Gasteiger partial charge in [-0.2, -0.15) is 0 Å². The Kier molecular flexibility index (Phi) is 5.41. The highest BCUT2D eigenvalue weighted by molar-refractivity contribution is 5.72. The second kappa shape index (κ2) is 7.28. The number of nitrogens with one attached hydrogen (secondary N) is 2. The van der Waals surface area contributed by atoms with E-state index in [0.717, 1.165) is 32.2 Å². The van der Waals surface area contributed by atoms with E-state index < -0.39 is 0 Å². The number of amides is 1. The number of rotatable bonds is 5. The molecule has 1 fully saturated rings. The molecule has 1 saturated carbocycles. The topological polar surface area (TPSA) is 41.1 Å². The lowest BCUT2D eigenvalue weighted by molar-refractivity contribution is -0.118. The molecule has 1 amide bonds. The molecule has 1 aromatic rings. The number of hydrogen-bond donors (Lipinski definition) is 2. The fourth-order valence-corrected chi connectivity index (χ4v) is 3.10. The summed E-state index contributed by atoms with van der Waals surface area (Å²) < 4.78 is 0. The lowest BCUT2D eigenvalue weighted by Gasteiger charge is -2.37.